The van der Waals surface area contributed by atoms with Gasteiger partial charge < -0.3 is 18.6 Å². The maximum Gasteiger partial charge on any atom is 0.247 e. The zero-order valence-electron chi connectivity index (χ0n) is 15.2. The van der Waals surface area contributed by atoms with E-state index in [1.165, 1.54) is 0 Å². The third-order valence-electron chi connectivity index (χ3n) is 4.07. The van der Waals surface area contributed by atoms with Crippen molar-refractivity contribution in [1.82, 2.24) is 15.1 Å². The Morgan fingerprint density at radius 1 is 1.20 bits per heavy atom. The Morgan fingerprint density at radius 3 is 2.64 bits per heavy atom. The van der Waals surface area contributed by atoms with Gasteiger partial charge in [-0.25, -0.2) is 0 Å². The Kier molecular flexibility index (Phi) is 5.36. The summed E-state index contributed by atoms with van der Waals surface area (Å²) in [5, 5.41) is 8.35. The van der Waals surface area contributed by atoms with Crippen LogP contribution in [0.4, 0.5) is 0 Å². The van der Waals surface area contributed by atoms with Gasteiger partial charge >= 0.3 is 0 Å². The van der Waals surface area contributed by atoms with Crippen molar-refractivity contribution >= 4 is 0 Å². The summed E-state index contributed by atoms with van der Waals surface area (Å²) >= 11 is 0. The number of aromatic nitrogens is 2. The van der Waals surface area contributed by atoms with Crippen molar-refractivity contribution in [2.45, 2.75) is 32.1 Å². The van der Waals surface area contributed by atoms with Gasteiger partial charge in [0.2, 0.25) is 11.8 Å². The number of morpholine rings is 1. The number of benzene rings is 1. The Bertz CT molecular complexity index is 684. The maximum absolute atomic E-state index is 6.03. The number of ether oxygens (including phenoxy) is 3. The van der Waals surface area contributed by atoms with Crippen LogP contribution in [0.1, 0.15) is 19.7 Å². The molecule has 0 saturated carbocycles. The zero-order valence-corrected chi connectivity index (χ0v) is 15.2. The molecule has 25 heavy (non-hydrogen) atoms. The maximum atomic E-state index is 6.03. The summed E-state index contributed by atoms with van der Waals surface area (Å²) in [5.41, 5.74) is 0.638. The summed E-state index contributed by atoms with van der Waals surface area (Å²) in [6.07, 6.45) is 0.0396. The molecule has 1 aromatic carbocycles. The van der Waals surface area contributed by atoms with Crippen LogP contribution in [-0.4, -0.2) is 60.7 Å². The van der Waals surface area contributed by atoms with Gasteiger partial charge in [-0.15, -0.1) is 10.2 Å². The summed E-state index contributed by atoms with van der Waals surface area (Å²) in [6, 6.07) is 7.56. The van der Waals surface area contributed by atoms with Gasteiger partial charge in [0.25, 0.3) is 0 Å². The van der Waals surface area contributed by atoms with E-state index >= 15 is 0 Å². The molecule has 1 aliphatic rings. The molecule has 0 aliphatic carbocycles. The van der Waals surface area contributed by atoms with Gasteiger partial charge in [-0.05, 0) is 38.1 Å². The quantitative estimate of drug-likeness (QED) is 0.794. The lowest BCUT2D eigenvalue weighted by Crippen LogP contribution is -2.53. The van der Waals surface area contributed by atoms with E-state index in [0.29, 0.717) is 24.9 Å². The standard InChI is InChI=1S/C18H25N3O4/c1-18(2)12-21(9-15(25-18)11-22-3)10-16-19-20-17(24-16)13-5-7-14(23-4)8-6-13/h5-8,15H,9-12H2,1-4H3/t15-/m1/s1. The van der Waals surface area contributed by atoms with Crippen LogP contribution in [0.2, 0.25) is 0 Å². The second-order valence-corrected chi connectivity index (χ2v) is 6.85. The molecule has 3 rings (SSSR count). The molecule has 1 saturated heterocycles. The third-order valence-corrected chi connectivity index (χ3v) is 4.07. The molecule has 7 heteroatoms. The second kappa shape index (κ2) is 7.51. The first-order valence-corrected chi connectivity index (χ1v) is 8.35. The van der Waals surface area contributed by atoms with Gasteiger partial charge in [0, 0.05) is 25.8 Å². The number of methoxy groups -OCH3 is 2. The fourth-order valence-electron chi connectivity index (χ4n) is 3.17. The van der Waals surface area contributed by atoms with Gasteiger partial charge in [-0.1, -0.05) is 0 Å². The lowest BCUT2D eigenvalue weighted by molar-refractivity contribution is -0.155. The predicted octanol–water partition coefficient (Wildman–Crippen LogP) is 2.37. The van der Waals surface area contributed by atoms with E-state index in [1.807, 2.05) is 24.3 Å². The van der Waals surface area contributed by atoms with Crippen LogP contribution in [0, 0.1) is 0 Å². The minimum absolute atomic E-state index is 0.0396. The normalized spacial score (nSPS) is 20.6. The van der Waals surface area contributed by atoms with E-state index in [-0.39, 0.29) is 11.7 Å². The van der Waals surface area contributed by atoms with Crippen LogP contribution in [0.3, 0.4) is 0 Å². The minimum atomic E-state index is -0.236. The first-order valence-electron chi connectivity index (χ1n) is 8.35. The molecule has 1 aromatic heterocycles. The number of nitrogens with zero attached hydrogens (tertiary/aromatic N) is 3. The fourth-order valence-corrected chi connectivity index (χ4v) is 3.17. The van der Waals surface area contributed by atoms with Crippen molar-refractivity contribution in [2.75, 3.05) is 33.9 Å². The Balaban J connectivity index is 1.67. The van der Waals surface area contributed by atoms with Crippen molar-refractivity contribution in [3.05, 3.63) is 30.2 Å². The summed E-state index contributed by atoms with van der Waals surface area (Å²) in [6.45, 7) is 6.90. The first-order chi connectivity index (χ1) is 12.0. The monoisotopic (exact) mass is 347 g/mol. The number of hydrogen-bond donors (Lipinski definition) is 0. The molecule has 0 spiro atoms. The van der Waals surface area contributed by atoms with E-state index in [0.717, 1.165) is 24.4 Å². The van der Waals surface area contributed by atoms with Crippen molar-refractivity contribution in [3.8, 4) is 17.2 Å². The van der Waals surface area contributed by atoms with E-state index in [4.69, 9.17) is 18.6 Å². The third kappa shape index (κ3) is 4.56. The molecule has 0 N–H and O–H groups in total. The molecule has 1 aliphatic heterocycles. The summed E-state index contributed by atoms with van der Waals surface area (Å²) < 4.78 is 22.3. The Labute approximate surface area is 147 Å². The minimum Gasteiger partial charge on any atom is -0.497 e. The topological polar surface area (TPSA) is 69.9 Å². The summed E-state index contributed by atoms with van der Waals surface area (Å²) in [4.78, 5) is 2.26. The SMILES string of the molecule is COC[C@H]1CN(Cc2nnc(-c3ccc(OC)cc3)o2)CC(C)(C)O1. The molecule has 2 aromatic rings. The average molecular weight is 347 g/mol. The molecule has 1 atom stereocenters. The molecule has 7 nitrogen and oxygen atoms in total. The van der Waals surface area contributed by atoms with E-state index < -0.39 is 0 Å². The first kappa shape index (κ1) is 17.8. The van der Waals surface area contributed by atoms with Crippen molar-refractivity contribution in [3.63, 3.8) is 0 Å². The van der Waals surface area contributed by atoms with Crippen LogP contribution in [-0.2, 0) is 16.0 Å². The molecule has 1 fully saturated rings. The Morgan fingerprint density at radius 2 is 1.96 bits per heavy atom. The second-order valence-electron chi connectivity index (χ2n) is 6.85. The van der Waals surface area contributed by atoms with Gasteiger partial charge in [-0.3, -0.25) is 4.90 Å². The molecule has 0 unspecified atom stereocenters. The highest BCUT2D eigenvalue weighted by atomic mass is 16.5. The van der Waals surface area contributed by atoms with Crippen LogP contribution >= 0.6 is 0 Å². The molecule has 0 bridgehead atoms. The number of rotatable bonds is 6. The summed E-state index contributed by atoms with van der Waals surface area (Å²) in [5.74, 6) is 1.90. The lowest BCUT2D eigenvalue weighted by Gasteiger charge is -2.42. The smallest absolute Gasteiger partial charge is 0.247 e. The highest BCUT2D eigenvalue weighted by Crippen LogP contribution is 2.24. The zero-order chi connectivity index (χ0) is 17.9. The van der Waals surface area contributed by atoms with Crippen molar-refractivity contribution in [1.29, 1.82) is 0 Å². The highest BCUT2D eigenvalue weighted by molar-refractivity contribution is 5.53. The van der Waals surface area contributed by atoms with Gasteiger partial charge in [0.1, 0.15) is 5.75 Å². The molecule has 2 heterocycles. The molecule has 0 radical (unpaired) electrons. The van der Waals surface area contributed by atoms with Crippen LogP contribution in [0.25, 0.3) is 11.5 Å². The van der Waals surface area contributed by atoms with Crippen LogP contribution in [0.5, 0.6) is 5.75 Å². The van der Waals surface area contributed by atoms with E-state index in [2.05, 4.69) is 28.9 Å². The molecular weight excluding hydrogens is 322 g/mol. The van der Waals surface area contributed by atoms with Gasteiger partial charge in [-0.2, -0.15) is 0 Å². The number of hydrogen-bond acceptors (Lipinski definition) is 7. The predicted molar refractivity (Wildman–Crippen MR) is 92.4 cm³/mol. The van der Waals surface area contributed by atoms with Gasteiger partial charge in [0.05, 0.1) is 32.0 Å². The average Bonchev–Trinajstić information content (AvgIpc) is 3.02. The fraction of sp³-hybridized carbons (Fsp3) is 0.556. The highest BCUT2D eigenvalue weighted by Gasteiger charge is 2.34. The van der Waals surface area contributed by atoms with Gasteiger partial charge in [0.15, 0.2) is 0 Å². The van der Waals surface area contributed by atoms with E-state index in [1.54, 1.807) is 14.2 Å². The largest absolute Gasteiger partial charge is 0.497 e. The molecule has 136 valence electrons. The Hall–Kier alpha value is -1.96. The molecule has 0 amide bonds. The van der Waals surface area contributed by atoms with Crippen molar-refractivity contribution in [2.24, 2.45) is 0 Å². The van der Waals surface area contributed by atoms with Crippen LogP contribution < -0.4 is 4.74 Å². The summed E-state index contributed by atoms with van der Waals surface area (Å²) in [7, 11) is 3.33. The lowest BCUT2D eigenvalue weighted by atomic mass is 10.1. The van der Waals surface area contributed by atoms with Crippen molar-refractivity contribution < 1.29 is 18.6 Å². The van der Waals surface area contributed by atoms with E-state index in [9.17, 15) is 0 Å². The van der Waals surface area contributed by atoms with Crippen LogP contribution in [0.15, 0.2) is 28.7 Å². The molecular formula is C18H25N3O4.